The van der Waals surface area contributed by atoms with Crippen molar-refractivity contribution in [2.24, 2.45) is 0 Å². The lowest BCUT2D eigenvalue weighted by Gasteiger charge is -2.10. The van der Waals surface area contributed by atoms with E-state index in [0.29, 0.717) is 6.26 Å². The van der Waals surface area contributed by atoms with Gasteiger partial charge in [0, 0.05) is 6.07 Å². The lowest BCUT2D eigenvalue weighted by Crippen LogP contribution is -2.20. The van der Waals surface area contributed by atoms with Crippen molar-refractivity contribution in [1.82, 2.24) is 8.96 Å². The Morgan fingerprint density at radius 1 is 1.12 bits per heavy atom. The van der Waals surface area contributed by atoms with E-state index in [1.807, 2.05) is 0 Å². The van der Waals surface area contributed by atoms with Crippen LogP contribution in [0.2, 0.25) is 0 Å². The molecule has 132 valence electrons. The molecule has 0 aliphatic rings. The van der Waals surface area contributed by atoms with Crippen molar-refractivity contribution in [3.63, 3.8) is 0 Å². The molecule has 0 spiro atoms. The summed E-state index contributed by atoms with van der Waals surface area (Å²) in [5, 5.41) is 10.9. The first-order chi connectivity index (χ1) is 10.6. The van der Waals surface area contributed by atoms with Crippen LogP contribution < -0.4 is 0 Å². The van der Waals surface area contributed by atoms with E-state index in [1.165, 1.54) is 0 Å². The maximum Gasteiger partial charge on any atom is 0.450 e. The summed E-state index contributed by atoms with van der Waals surface area (Å²) in [6, 6.07) is 0.0493. The highest BCUT2D eigenvalue weighted by atomic mass is 32.2. The molecule has 7 nitrogen and oxygen atoms in total. The third-order valence-electron chi connectivity index (χ3n) is 2.81. The van der Waals surface area contributed by atoms with Crippen LogP contribution in [-0.2, 0) is 22.4 Å². The Morgan fingerprint density at radius 2 is 1.67 bits per heavy atom. The Labute approximate surface area is 128 Å². The van der Waals surface area contributed by atoms with Gasteiger partial charge in [-0.3, -0.25) is 10.1 Å². The van der Waals surface area contributed by atoms with E-state index in [9.17, 15) is 44.9 Å². The Hall–Kier alpha value is -2.38. The molecule has 0 saturated heterocycles. The molecule has 0 radical (unpaired) electrons. The highest BCUT2D eigenvalue weighted by Gasteiger charge is 2.43. The first-order valence-corrected chi connectivity index (χ1v) is 7.54. The second-order valence-electron chi connectivity index (χ2n) is 4.58. The summed E-state index contributed by atoms with van der Waals surface area (Å²) in [6.45, 7) is 0. The van der Waals surface area contributed by atoms with Crippen LogP contribution in [0.3, 0.4) is 0 Å². The number of rotatable bonds is 2. The van der Waals surface area contributed by atoms with Gasteiger partial charge in [-0.25, -0.2) is 17.4 Å². The minimum Gasteiger partial charge on any atom is -0.258 e. The van der Waals surface area contributed by atoms with Crippen LogP contribution in [0.4, 0.5) is 32.0 Å². The Balaban J connectivity index is 3.11. The van der Waals surface area contributed by atoms with E-state index in [4.69, 9.17) is 0 Å². The van der Waals surface area contributed by atoms with E-state index in [2.05, 4.69) is 4.98 Å². The molecule has 1 aromatic heterocycles. The first kappa shape index (κ1) is 18.0. The molecule has 24 heavy (non-hydrogen) atoms. The molecular formula is C10H5F6N3O4S. The first-order valence-electron chi connectivity index (χ1n) is 5.70. The van der Waals surface area contributed by atoms with Crippen LogP contribution in [0.1, 0.15) is 11.4 Å². The zero-order valence-corrected chi connectivity index (χ0v) is 12.1. The molecule has 0 aliphatic heterocycles. The lowest BCUT2D eigenvalue weighted by molar-refractivity contribution is -0.383. The highest BCUT2D eigenvalue weighted by molar-refractivity contribution is 7.89. The number of hydrogen-bond acceptors (Lipinski definition) is 5. The van der Waals surface area contributed by atoms with Crippen molar-refractivity contribution in [3.05, 3.63) is 33.6 Å². The number of nitro groups is 1. The summed E-state index contributed by atoms with van der Waals surface area (Å²) in [5.41, 5.74) is -5.38. The van der Waals surface area contributed by atoms with Gasteiger partial charge < -0.3 is 0 Å². The van der Waals surface area contributed by atoms with Gasteiger partial charge in [-0.05, 0) is 6.07 Å². The number of hydrogen-bond donors (Lipinski definition) is 0. The van der Waals surface area contributed by atoms with Gasteiger partial charge in [0.2, 0.25) is 15.8 Å². The monoisotopic (exact) mass is 377 g/mol. The van der Waals surface area contributed by atoms with Crippen molar-refractivity contribution < 1.29 is 39.7 Å². The molecular weight excluding hydrogens is 372 g/mol. The molecule has 0 unspecified atom stereocenters. The van der Waals surface area contributed by atoms with Crippen LogP contribution in [0, 0.1) is 10.1 Å². The van der Waals surface area contributed by atoms with Gasteiger partial charge in [-0.2, -0.15) is 26.3 Å². The van der Waals surface area contributed by atoms with E-state index in [-0.39, 0.29) is 12.1 Å². The molecule has 0 aliphatic carbocycles. The third-order valence-corrected chi connectivity index (χ3v) is 3.84. The zero-order valence-electron chi connectivity index (χ0n) is 11.3. The van der Waals surface area contributed by atoms with Gasteiger partial charge in [-0.15, -0.1) is 0 Å². The molecule has 14 heteroatoms. The van der Waals surface area contributed by atoms with Crippen LogP contribution in [0.25, 0.3) is 11.0 Å². The fourth-order valence-corrected chi connectivity index (χ4v) is 2.91. The third kappa shape index (κ3) is 3.00. The van der Waals surface area contributed by atoms with Crippen molar-refractivity contribution in [2.45, 2.75) is 12.4 Å². The number of alkyl halides is 6. The van der Waals surface area contributed by atoms with Crippen molar-refractivity contribution in [2.75, 3.05) is 6.26 Å². The molecule has 0 atom stereocenters. The SMILES string of the molecule is CS(=O)(=O)n1c(C(F)(F)F)nc2c([N+](=O)[O-])cc(C(F)(F)F)cc21. The van der Waals surface area contributed by atoms with Crippen LogP contribution in [0.15, 0.2) is 12.1 Å². The second kappa shape index (κ2) is 5.06. The zero-order chi connectivity index (χ0) is 18.7. The fraction of sp³-hybridized carbons (Fsp3) is 0.300. The summed E-state index contributed by atoms with van der Waals surface area (Å²) >= 11 is 0. The molecule has 2 rings (SSSR count). The van der Waals surface area contributed by atoms with Crippen molar-refractivity contribution in [1.29, 1.82) is 0 Å². The molecule has 0 amide bonds. The average Bonchev–Trinajstić information content (AvgIpc) is 2.74. The highest BCUT2D eigenvalue weighted by Crippen LogP contribution is 2.39. The van der Waals surface area contributed by atoms with Crippen LogP contribution in [0.5, 0.6) is 0 Å². The number of benzene rings is 1. The Morgan fingerprint density at radius 3 is 2.04 bits per heavy atom. The molecule has 1 heterocycles. The second-order valence-corrected chi connectivity index (χ2v) is 6.41. The fourth-order valence-electron chi connectivity index (χ4n) is 1.96. The summed E-state index contributed by atoms with van der Waals surface area (Å²) < 4.78 is 99.9. The minimum atomic E-state index is -5.37. The number of non-ortho nitro benzene ring substituents is 1. The largest absolute Gasteiger partial charge is 0.450 e. The number of fused-ring (bicyclic) bond motifs is 1. The molecule has 2 aromatic rings. The number of halogens is 6. The van der Waals surface area contributed by atoms with Gasteiger partial charge >= 0.3 is 12.4 Å². The average molecular weight is 377 g/mol. The summed E-state index contributed by atoms with van der Waals surface area (Å²) in [6.07, 6.45) is -10.2. The number of nitro benzene ring substituents is 1. The molecule has 0 saturated carbocycles. The quantitative estimate of drug-likeness (QED) is 0.456. The molecule has 1 aromatic carbocycles. The predicted molar refractivity (Wildman–Crippen MR) is 66.6 cm³/mol. The smallest absolute Gasteiger partial charge is 0.258 e. The van der Waals surface area contributed by atoms with Crippen LogP contribution >= 0.6 is 0 Å². The normalized spacial score (nSPS) is 13.5. The summed E-state index contributed by atoms with van der Waals surface area (Å²) in [7, 11) is -4.76. The lowest BCUT2D eigenvalue weighted by atomic mass is 10.1. The molecule has 0 fully saturated rings. The van der Waals surface area contributed by atoms with Gasteiger partial charge in [0.15, 0.2) is 5.52 Å². The van der Waals surface area contributed by atoms with Crippen LogP contribution in [-0.4, -0.2) is 28.6 Å². The topological polar surface area (TPSA) is 95.1 Å². The number of nitrogens with zero attached hydrogens (tertiary/aromatic N) is 3. The standard InChI is InChI=1S/C10H5F6N3O4S/c1-24(22,23)18-5-2-4(9(11,12)13)3-6(19(20)21)7(5)17-8(18)10(14,15)16/h2-3H,1H3. The summed E-state index contributed by atoms with van der Waals surface area (Å²) in [4.78, 5) is 12.3. The number of imidazole rings is 1. The predicted octanol–water partition coefficient (Wildman–Crippen LogP) is 2.79. The van der Waals surface area contributed by atoms with Gasteiger partial charge in [-0.1, -0.05) is 0 Å². The van der Waals surface area contributed by atoms with E-state index in [0.717, 1.165) is 0 Å². The van der Waals surface area contributed by atoms with Gasteiger partial charge in [0.1, 0.15) is 0 Å². The Kier molecular flexibility index (Phi) is 3.79. The van der Waals surface area contributed by atoms with E-state index >= 15 is 0 Å². The van der Waals surface area contributed by atoms with Gasteiger partial charge in [0.25, 0.3) is 5.69 Å². The Bertz CT molecular complexity index is 944. The van der Waals surface area contributed by atoms with Crippen molar-refractivity contribution in [3.8, 4) is 0 Å². The maximum atomic E-state index is 12.9. The van der Waals surface area contributed by atoms with E-state index < -0.39 is 59.4 Å². The van der Waals surface area contributed by atoms with Crippen molar-refractivity contribution >= 4 is 26.7 Å². The van der Waals surface area contributed by atoms with Gasteiger partial charge in [0.05, 0.1) is 22.3 Å². The molecule has 0 N–H and O–H groups in total. The number of aromatic nitrogens is 2. The maximum absolute atomic E-state index is 12.9. The minimum absolute atomic E-state index is 0.0118. The molecule has 0 bridgehead atoms. The van der Waals surface area contributed by atoms with E-state index in [1.54, 1.807) is 0 Å². The summed E-state index contributed by atoms with van der Waals surface area (Å²) in [5.74, 6) is -2.08.